The van der Waals surface area contributed by atoms with E-state index in [0.717, 1.165) is 60.6 Å². The van der Waals surface area contributed by atoms with Crippen molar-refractivity contribution in [3.05, 3.63) is 34.8 Å². The molecule has 0 spiro atoms. The predicted octanol–water partition coefficient (Wildman–Crippen LogP) is 2.32. The summed E-state index contributed by atoms with van der Waals surface area (Å²) in [5, 5.41) is 11.4. The molecule has 0 saturated carbocycles. The number of nitrogens with zero attached hydrogens (tertiary/aromatic N) is 4. The molecule has 1 unspecified atom stereocenters. The zero-order valence-corrected chi connectivity index (χ0v) is 18.7. The molecular formula is C18H29IN6O2. The predicted molar refractivity (Wildman–Crippen MR) is 114 cm³/mol. The fourth-order valence-electron chi connectivity index (χ4n) is 3.19. The number of methoxy groups -OCH3 is 1. The van der Waals surface area contributed by atoms with E-state index in [-0.39, 0.29) is 30.0 Å². The Kier molecular flexibility index (Phi) is 8.08. The highest BCUT2D eigenvalue weighted by atomic mass is 127. The molecule has 0 radical (unpaired) electrons. The Balaban J connectivity index is 0.00000261. The van der Waals surface area contributed by atoms with Crippen molar-refractivity contribution < 1.29 is 9.15 Å². The molecule has 3 heterocycles. The number of hydrogen-bond acceptors (Lipinski definition) is 5. The first-order valence-electron chi connectivity index (χ1n) is 9.11. The lowest BCUT2D eigenvalue weighted by Gasteiger charge is -2.25. The average molecular weight is 488 g/mol. The van der Waals surface area contributed by atoms with Crippen LogP contribution in [0.4, 0.5) is 0 Å². The van der Waals surface area contributed by atoms with Crippen molar-refractivity contribution in [2.24, 2.45) is 4.99 Å². The molecule has 0 aromatic carbocycles. The van der Waals surface area contributed by atoms with Crippen LogP contribution in [-0.2, 0) is 30.9 Å². The van der Waals surface area contributed by atoms with Gasteiger partial charge in [-0.15, -0.1) is 24.0 Å². The summed E-state index contributed by atoms with van der Waals surface area (Å²) in [6.07, 6.45) is 1.90. The van der Waals surface area contributed by atoms with Gasteiger partial charge in [0.15, 0.2) is 11.8 Å². The van der Waals surface area contributed by atoms with Gasteiger partial charge in [0.05, 0.1) is 13.1 Å². The minimum atomic E-state index is 0. The fraction of sp³-hybridized carbons (Fsp3) is 0.611. The lowest BCUT2D eigenvalue weighted by atomic mass is 10.1. The van der Waals surface area contributed by atoms with E-state index in [0.29, 0.717) is 13.2 Å². The van der Waals surface area contributed by atoms with Crippen molar-refractivity contribution in [3.8, 4) is 0 Å². The zero-order chi connectivity index (χ0) is 18.5. The van der Waals surface area contributed by atoms with Gasteiger partial charge in [-0.3, -0.25) is 0 Å². The van der Waals surface area contributed by atoms with Crippen molar-refractivity contribution in [3.63, 3.8) is 0 Å². The maximum absolute atomic E-state index is 5.58. The lowest BCUT2D eigenvalue weighted by Crippen LogP contribution is -2.47. The number of nitrogens with one attached hydrogen (secondary N) is 2. The molecular weight excluding hydrogens is 459 g/mol. The van der Waals surface area contributed by atoms with Crippen LogP contribution >= 0.6 is 24.0 Å². The maximum Gasteiger partial charge on any atom is 0.191 e. The number of furan rings is 1. The molecule has 3 rings (SSSR count). The first-order chi connectivity index (χ1) is 12.6. The summed E-state index contributed by atoms with van der Waals surface area (Å²) in [7, 11) is 1.66. The van der Waals surface area contributed by atoms with E-state index in [1.54, 1.807) is 7.11 Å². The highest BCUT2D eigenvalue weighted by Gasteiger charge is 2.22. The first-order valence-corrected chi connectivity index (χ1v) is 9.11. The summed E-state index contributed by atoms with van der Waals surface area (Å²) in [4.78, 5) is 9.23. The molecule has 0 aliphatic carbocycles. The summed E-state index contributed by atoms with van der Waals surface area (Å²) in [6.45, 7) is 8.64. The molecule has 1 aliphatic rings. The molecule has 0 bridgehead atoms. The van der Waals surface area contributed by atoms with E-state index in [1.165, 1.54) is 0 Å². The van der Waals surface area contributed by atoms with Gasteiger partial charge in [-0.25, -0.2) is 14.7 Å². The Morgan fingerprint density at radius 1 is 1.44 bits per heavy atom. The maximum atomic E-state index is 5.58. The second-order valence-electron chi connectivity index (χ2n) is 6.57. The number of rotatable bonds is 6. The van der Waals surface area contributed by atoms with Crippen molar-refractivity contribution in [2.45, 2.75) is 59.4 Å². The molecule has 150 valence electrons. The smallest absolute Gasteiger partial charge is 0.191 e. The highest BCUT2D eigenvalue weighted by molar-refractivity contribution is 14.0. The van der Waals surface area contributed by atoms with Crippen molar-refractivity contribution >= 4 is 29.9 Å². The monoisotopic (exact) mass is 488 g/mol. The highest BCUT2D eigenvalue weighted by Crippen LogP contribution is 2.15. The third-order valence-corrected chi connectivity index (χ3v) is 4.41. The number of hydrogen-bond donors (Lipinski definition) is 2. The molecule has 0 fully saturated rings. The summed E-state index contributed by atoms with van der Waals surface area (Å²) in [5.41, 5.74) is 1.12. The second kappa shape index (κ2) is 10.1. The molecule has 2 aromatic heterocycles. The van der Waals surface area contributed by atoms with Crippen LogP contribution in [0, 0.1) is 13.8 Å². The number of guanidine groups is 1. The first kappa shape index (κ1) is 21.7. The second-order valence-corrected chi connectivity index (χ2v) is 6.57. The van der Waals surface area contributed by atoms with Crippen molar-refractivity contribution in [1.29, 1.82) is 0 Å². The number of aryl methyl sites for hydroxylation is 3. The Morgan fingerprint density at radius 3 is 2.93 bits per heavy atom. The SMILES string of the molecule is CCNC(=NCc1cc(C)oc1C)NC1CCc2nc(COC)nn2C1.I. The molecule has 2 aromatic rings. The standard InChI is InChI=1S/C18H28N6O2.HI/c1-5-19-18(20-9-14-8-12(2)26-13(14)3)21-15-6-7-17-22-16(11-25-4)23-24(17)10-15;/h8,15H,5-7,9-11H2,1-4H3,(H2,19,20,21);1H. The molecule has 9 heteroatoms. The van der Waals surface area contributed by atoms with E-state index >= 15 is 0 Å². The largest absolute Gasteiger partial charge is 0.466 e. The molecule has 8 nitrogen and oxygen atoms in total. The molecule has 1 aliphatic heterocycles. The zero-order valence-electron chi connectivity index (χ0n) is 16.4. The van der Waals surface area contributed by atoms with Crippen LogP contribution in [0.5, 0.6) is 0 Å². The molecule has 2 N–H and O–H groups in total. The van der Waals surface area contributed by atoms with Gasteiger partial charge in [0, 0.05) is 31.7 Å². The van der Waals surface area contributed by atoms with Gasteiger partial charge in [-0.2, -0.15) is 5.10 Å². The molecule has 1 atom stereocenters. The average Bonchev–Trinajstić information content (AvgIpc) is 3.14. The summed E-state index contributed by atoms with van der Waals surface area (Å²) in [6, 6.07) is 2.31. The van der Waals surface area contributed by atoms with Gasteiger partial charge in [0.1, 0.15) is 24.0 Å². The third-order valence-electron chi connectivity index (χ3n) is 4.41. The number of aliphatic imine (C=N–C) groups is 1. The van der Waals surface area contributed by atoms with Crippen LogP contribution < -0.4 is 10.6 Å². The topological polar surface area (TPSA) is 89.5 Å². The fourth-order valence-corrected chi connectivity index (χ4v) is 3.19. The number of ether oxygens (including phenoxy) is 1. The Bertz CT molecular complexity index is 770. The van der Waals surface area contributed by atoms with Gasteiger partial charge in [-0.1, -0.05) is 0 Å². The lowest BCUT2D eigenvalue weighted by molar-refractivity contribution is 0.177. The molecule has 27 heavy (non-hydrogen) atoms. The van der Waals surface area contributed by atoms with E-state index in [9.17, 15) is 0 Å². The minimum Gasteiger partial charge on any atom is -0.466 e. The minimum absolute atomic E-state index is 0. The molecule has 0 amide bonds. The Morgan fingerprint density at radius 2 is 2.26 bits per heavy atom. The number of halogens is 1. The van der Waals surface area contributed by atoms with Crippen molar-refractivity contribution in [2.75, 3.05) is 13.7 Å². The van der Waals surface area contributed by atoms with E-state index in [2.05, 4.69) is 27.6 Å². The Hall–Kier alpha value is -1.62. The van der Waals surface area contributed by atoms with Gasteiger partial charge >= 0.3 is 0 Å². The van der Waals surface area contributed by atoms with Gasteiger partial charge in [-0.05, 0) is 33.3 Å². The van der Waals surface area contributed by atoms with Gasteiger partial charge in [0.2, 0.25) is 0 Å². The van der Waals surface area contributed by atoms with Crippen LogP contribution in [0.1, 0.15) is 42.1 Å². The van der Waals surface area contributed by atoms with E-state index < -0.39 is 0 Å². The van der Waals surface area contributed by atoms with Gasteiger partial charge < -0.3 is 19.8 Å². The van der Waals surface area contributed by atoms with Crippen molar-refractivity contribution in [1.82, 2.24) is 25.4 Å². The number of aromatic nitrogens is 3. The van der Waals surface area contributed by atoms with Crippen LogP contribution in [0.25, 0.3) is 0 Å². The van der Waals surface area contributed by atoms with E-state index in [4.69, 9.17) is 14.1 Å². The van der Waals surface area contributed by atoms with E-state index in [1.807, 2.05) is 24.6 Å². The summed E-state index contributed by atoms with van der Waals surface area (Å²) < 4.78 is 12.7. The van der Waals surface area contributed by atoms with Crippen LogP contribution in [-0.4, -0.2) is 40.4 Å². The van der Waals surface area contributed by atoms with Crippen LogP contribution in [0.2, 0.25) is 0 Å². The number of fused-ring (bicyclic) bond motifs is 1. The normalized spacial score (nSPS) is 16.6. The van der Waals surface area contributed by atoms with Gasteiger partial charge in [0.25, 0.3) is 0 Å². The summed E-state index contributed by atoms with van der Waals surface area (Å²) in [5.74, 6) is 4.44. The van der Waals surface area contributed by atoms with Crippen LogP contribution in [0.3, 0.4) is 0 Å². The van der Waals surface area contributed by atoms with Crippen LogP contribution in [0.15, 0.2) is 15.5 Å². The quantitative estimate of drug-likeness (QED) is 0.369. The Labute approximate surface area is 177 Å². The summed E-state index contributed by atoms with van der Waals surface area (Å²) >= 11 is 0. The third kappa shape index (κ3) is 5.68. The molecule has 0 saturated heterocycles.